The largest absolute Gasteiger partial charge is 0.381 e. The Labute approximate surface area is 132 Å². The zero-order valence-corrected chi connectivity index (χ0v) is 13.6. The second kappa shape index (κ2) is 10.2. The fourth-order valence-corrected chi connectivity index (χ4v) is 2.17. The molecule has 1 saturated heterocycles. The van der Waals surface area contributed by atoms with E-state index in [9.17, 15) is 14.4 Å². The molecule has 22 heavy (non-hydrogen) atoms. The van der Waals surface area contributed by atoms with Gasteiger partial charge in [-0.15, -0.1) is 0 Å². The van der Waals surface area contributed by atoms with Crippen molar-refractivity contribution in [1.82, 2.24) is 15.1 Å². The summed E-state index contributed by atoms with van der Waals surface area (Å²) in [4.78, 5) is 38.1. The number of amides is 3. The minimum absolute atomic E-state index is 0.000349. The SMILES string of the molecule is CCCCOCCCNC(=O)C(=O)N1CCN(C(C)=O)CC1. The van der Waals surface area contributed by atoms with Gasteiger partial charge in [-0.05, 0) is 12.8 Å². The van der Waals surface area contributed by atoms with Crippen LogP contribution in [-0.2, 0) is 19.1 Å². The van der Waals surface area contributed by atoms with Gasteiger partial charge in [0.1, 0.15) is 0 Å². The van der Waals surface area contributed by atoms with Crippen molar-refractivity contribution in [1.29, 1.82) is 0 Å². The Hall–Kier alpha value is -1.63. The van der Waals surface area contributed by atoms with Gasteiger partial charge >= 0.3 is 11.8 Å². The molecule has 1 rings (SSSR count). The van der Waals surface area contributed by atoms with Crippen LogP contribution in [0.25, 0.3) is 0 Å². The molecule has 0 aromatic carbocycles. The lowest BCUT2D eigenvalue weighted by molar-refractivity contribution is -0.148. The Morgan fingerprint density at radius 3 is 2.18 bits per heavy atom. The fourth-order valence-electron chi connectivity index (χ4n) is 2.17. The third-order valence-corrected chi connectivity index (χ3v) is 3.60. The smallest absolute Gasteiger partial charge is 0.312 e. The van der Waals surface area contributed by atoms with E-state index < -0.39 is 11.8 Å². The summed E-state index contributed by atoms with van der Waals surface area (Å²) in [7, 11) is 0. The van der Waals surface area contributed by atoms with E-state index in [4.69, 9.17) is 4.74 Å². The van der Waals surface area contributed by atoms with Crippen LogP contribution in [0.3, 0.4) is 0 Å². The van der Waals surface area contributed by atoms with Gasteiger partial charge in [0.25, 0.3) is 0 Å². The molecule has 0 spiro atoms. The van der Waals surface area contributed by atoms with Crippen molar-refractivity contribution in [3.8, 4) is 0 Å². The Kier molecular flexibility index (Phi) is 8.50. The monoisotopic (exact) mass is 313 g/mol. The Morgan fingerprint density at radius 1 is 1.00 bits per heavy atom. The van der Waals surface area contributed by atoms with Crippen LogP contribution in [0.2, 0.25) is 0 Å². The number of carbonyl (C=O) groups is 3. The van der Waals surface area contributed by atoms with E-state index in [-0.39, 0.29) is 5.91 Å². The molecule has 3 amide bonds. The quantitative estimate of drug-likeness (QED) is 0.530. The standard InChI is InChI=1S/C15H27N3O4/c1-3-4-11-22-12-5-6-16-14(20)15(21)18-9-7-17(8-10-18)13(2)19/h3-12H2,1-2H3,(H,16,20). The molecule has 1 fully saturated rings. The highest BCUT2D eigenvalue weighted by Gasteiger charge is 2.26. The maximum atomic E-state index is 12.0. The van der Waals surface area contributed by atoms with Crippen molar-refractivity contribution in [2.75, 3.05) is 45.9 Å². The van der Waals surface area contributed by atoms with Crippen LogP contribution in [-0.4, -0.2) is 73.5 Å². The molecule has 1 heterocycles. The van der Waals surface area contributed by atoms with E-state index in [1.165, 1.54) is 11.8 Å². The highest BCUT2D eigenvalue weighted by molar-refractivity contribution is 6.35. The number of unbranched alkanes of at least 4 members (excludes halogenated alkanes) is 1. The normalized spacial score (nSPS) is 14.8. The molecule has 0 radical (unpaired) electrons. The third kappa shape index (κ3) is 6.43. The maximum absolute atomic E-state index is 12.0. The lowest BCUT2D eigenvalue weighted by atomic mass is 10.3. The first kappa shape index (κ1) is 18.4. The Balaban J connectivity index is 2.15. The number of hydrogen-bond acceptors (Lipinski definition) is 4. The Bertz CT molecular complexity index is 379. The highest BCUT2D eigenvalue weighted by Crippen LogP contribution is 2.02. The van der Waals surface area contributed by atoms with Gasteiger partial charge in [0.05, 0.1) is 0 Å². The topological polar surface area (TPSA) is 79.0 Å². The minimum atomic E-state index is -0.579. The predicted molar refractivity (Wildman–Crippen MR) is 82.2 cm³/mol. The molecule has 0 atom stereocenters. The first-order valence-corrected chi connectivity index (χ1v) is 7.96. The van der Waals surface area contributed by atoms with E-state index >= 15 is 0 Å². The summed E-state index contributed by atoms with van der Waals surface area (Å²) in [5.74, 6) is -1.10. The van der Waals surface area contributed by atoms with Crippen LogP contribution in [0.1, 0.15) is 33.1 Å². The van der Waals surface area contributed by atoms with Crippen LogP contribution >= 0.6 is 0 Å². The third-order valence-electron chi connectivity index (χ3n) is 3.60. The number of ether oxygens (including phenoxy) is 1. The predicted octanol–water partition coefficient (Wildman–Crippen LogP) is 0.000100. The van der Waals surface area contributed by atoms with Crippen molar-refractivity contribution in [3.63, 3.8) is 0 Å². The molecular weight excluding hydrogens is 286 g/mol. The number of rotatable bonds is 7. The number of piperazine rings is 1. The average Bonchev–Trinajstić information content (AvgIpc) is 2.53. The molecule has 0 bridgehead atoms. The summed E-state index contributed by atoms with van der Waals surface area (Å²) in [5, 5.41) is 2.61. The molecule has 7 nitrogen and oxygen atoms in total. The molecular formula is C15H27N3O4. The van der Waals surface area contributed by atoms with Crippen LogP contribution in [0.15, 0.2) is 0 Å². The lowest BCUT2D eigenvalue weighted by Crippen LogP contribution is -2.53. The first-order valence-electron chi connectivity index (χ1n) is 7.96. The lowest BCUT2D eigenvalue weighted by Gasteiger charge is -2.33. The Morgan fingerprint density at radius 2 is 1.59 bits per heavy atom. The van der Waals surface area contributed by atoms with Gasteiger partial charge in [-0.1, -0.05) is 13.3 Å². The molecule has 7 heteroatoms. The average molecular weight is 313 g/mol. The summed E-state index contributed by atoms with van der Waals surface area (Å²) < 4.78 is 5.38. The summed E-state index contributed by atoms with van der Waals surface area (Å²) in [6.45, 7) is 7.16. The van der Waals surface area contributed by atoms with E-state index in [2.05, 4.69) is 12.2 Å². The molecule has 1 aliphatic rings. The zero-order valence-electron chi connectivity index (χ0n) is 13.6. The van der Waals surface area contributed by atoms with Crippen LogP contribution in [0.5, 0.6) is 0 Å². The van der Waals surface area contributed by atoms with Gasteiger partial charge in [-0.25, -0.2) is 0 Å². The first-order chi connectivity index (χ1) is 10.6. The molecule has 0 aromatic heterocycles. The highest BCUT2D eigenvalue weighted by atomic mass is 16.5. The maximum Gasteiger partial charge on any atom is 0.312 e. The fraction of sp³-hybridized carbons (Fsp3) is 0.800. The van der Waals surface area contributed by atoms with Crippen molar-refractivity contribution >= 4 is 17.7 Å². The molecule has 0 aliphatic carbocycles. The molecule has 0 saturated carbocycles. The number of nitrogens with one attached hydrogen (secondary N) is 1. The van der Waals surface area contributed by atoms with Gasteiger partial charge in [-0.3, -0.25) is 14.4 Å². The summed E-state index contributed by atoms with van der Waals surface area (Å²) >= 11 is 0. The van der Waals surface area contributed by atoms with Crippen LogP contribution < -0.4 is 5.32 Å². The molecule has 126 valence electrons. The zero-order chi connectivity index (χ0) is 16.4. The van der Waals surface area contributed by atoms with Crippen molar-refractivity contribution in [2.24, 2.45) is 0 Å². The second-order valence-electron chi connectivity index (χ2n) is 5.37. The van der Waals surface area contributed by atoms with Crippen molar-refractivity contribution < 1.29 is 19.1 Å². The molecule has 1 aliphatic heterocycles. The van der Waals surface area contributed by atoms with Crippen molar-refractivity contribution in [3.05, 3.63) is 0 Å². The number of carbonyl (C=O) groups excluding carboxylic acids is 3. The van der Waals surface area contributed by atoms with Gasteiger partial charge in [0.15, 0.2) is 0 Å². The van der Waals surface area contributed by atoms with Crippen molar-refractivity contribution in [2.45, 2.75) is 33.1 Å². The number of hydrogen-bond donors (Lipinski definition) is 1. The summed E-state index contributed by atoms with van der Waals surface area (Å²) in [6, 6.07) is 0. The van der Waals surface area contributed by atoms with E-state index in [1.54, 1.807) is 4.90 Å². The minimum Gasteiger partial charge on any atom is -0.381 e. The van der Waals surface area contributed by atoms with E-state index in [0.717, 1.165) is 19.4 Å². The molecule has 0 aromatic rings. The van der Waals surface area contributed by atoms with E-state index in [0.29, 0.717) is 45.8 Å². The van der Waals surface area contributed by atoms with Gasteiger partial charge in [0, 0.05) is 52.9 Å². The van der Waals surface area contributed by atoms with Gasteiger partial charge < -0.3 is 19.9 Å². The molecule has 1 N–H and O–H groups in total. The summed E-state index contributed by atoms with van der Waals surface area (Å²) in [5.41, 5.74) is 0. The summed E-state index contributed by atoms with van der Waals surface area (Å²) in [6.07, 6.45) is 2.83. The second-order valence-corrected chi connectivity index (χ2v) is 5.37. The molecule has 0 unspecified atom stereocenters. The number of nitrogens with zero attached hydrogens (tertiary/aromatic N) is 2. The van der Waals surface area contributed by atoms with Crippen LogP contribution in [0, 0.1) is 0 Å². The van der Waals surface area contributed by atoms with Gasteiger partial charge in [0.2, 0.25) is 5.91 Å². The van der Waals surface area contributed by atoms with Gasteiger partial charge in [-0.2, -0.15) is 0 Å². The van der Waals surface area contributed by atoms with Crippen LogP contribution in [0.4, 0.5) is 0 Å². The van der Waals surface area contributed by atoms with E-state index in [1.807, 2.05) is 0 Å².